The average molecular weight is 205 g/mol. The van der Waals surface area contributed by atoms with Crippen LogP contribution in [0.1, 0.15) is 16.1 Å². The predicted octanol–water partition coefficient (Wildman–Crippen LogP) is 1.74. The average Bonchev–Trinajstić information content (AvgIpc) is 2.57. The smallest absolute Gasteiger partial charge is 0.358 e. The van der Waals surface area contributed by atoms with Gasteiger partial charge in [0.15, 0.2) is 5.69 Å². The van der Waals surface area contributed by atoms with E-state index in [-0.39, 0.29) is 11.5 Å². The van der Waals surface area contributed by atoms with Crippen molar-refractivity contribution in [3.63, 3.8) is 0 Å². The Hall–Kier alpha value is -2.24. The van der Waals surface area contributed by atoms with Gasteiger partial charge in [0.2, 0.25) is 5.82 Å². The minimum atomic E-state index is -1.26. The molecule has 2 rings (SSSR count). The first kappa shape index (κ1) is 9.32. The van der Waals surface area contributed by atoms with Gasteiger partial charge in [-0.05, 0) is 23.7 Å². The van der Waals surface area contributed by atoms with Crippen LogP contribution < -0.4 is 0 Å². The van der Waals surface area contributed by atoms with E-state index in [1.54, 1.807) is 25.3 Å². The lowest BCUT2D eigenvalue weighted by molar-refractivity contribution is 0.0692. The molecule has 0 aliphatic heterocycles. The maximum Gasteiger partial charge on any atom is 0.358 e. The Morgan fingerprint density at radius 3 is 2.93 bits per heavy atom. The Morgan fingerprint density at radius 1 is 1.60 bits per heavy atom. The molecule has 2 heterocycles. The second-order valence-electron chi connectivity index (χ2n) is 3.07. The maximum atomic E-state index is 10.8. The molecule has 0 fully saturated rings. The molecule has 0 saturated heterocycles. The summed E-state index contributed by atoms with van der Waals surface area (Å²) in [7, 11) is 0. The highest BCUT2D eigenvalue weighted by Gasteiger charge is 2.19. The molecule has 0 atom stereocenters. The van der Waals surface area contributed by atoms with Crippen molar-refractivity contribution >= 4 is 17.4 Å². The molecular weight excluding hydrogens is 198 g/mol. The second-order valence-corrected chi connectivity index (χ2v) is 3.07. The van der Waals surface area contributed by atoms with E-state index in [1.807, 2.05) is 0 Å². The molecule has 0 spiro atoms. The summed E-state index contributed by atoms with van der Waals surface area (Å²) in [6.07, 6.45) is 1.55. The lowest BCUT2D eigenvalue weighted by Gasteiger charge is -1.95. The number of aryl methyl sites for hydroxylation is 1. The van der Waals surface area contributed by atoms with E-state index in [0.29, 0.717) is 5.65 Å². The molecule has 0 aliphatic rings. The van der Waals surface area contributed by atoms with E-state index in [0.717, 1.165) is 5.56 Å². The number of nitroso groups, excluding NO2 is 1. The van der Waals surface area contributed by atoms with Crippen molar-refractivity contribution in [2.45, 2.75) is 6.92 Å². The third kappa shape index (κ3) is 1.26. The lowest BCUT2D eigenvalue weighted by Crippen LogP contribution is -1.96. The van der Waals surface area contributed by atoms with E-state index < -0.39 is 5.97 Å². The van der Waals surface area contributed by atoms with Crippen LogP contribution in [0.2, 0.25) is 0 Å². The minimum absolute atomic E-state index is 0.179. The van der Waals surface area contributed by atoms with Crippen LogP contribution in [0.25, 0.3) is 5.65 Å². The predicted molar refractivity (Wildman–Crippen MR) is 52.3 cm³/mol. The zero-order valence-electron chi connectivity index (χ0n) is 7.84. The van der Waals surface area contributed by atoms with Crippen LogP contribution in [0.4, 0.5) is 5.82 Å². The number of aromatic nitrogens is 2. The monoisotopic (exact) mass is 205 g/mol. The summed E-state index contributed by atoms with van der Waals surface area (Å²) in [5.74, 6) is -1.44. The van der Waals surface area contributed by atoms with Gasteiger partial charge in [-0.1, -0.05) is 6.07 Å². The summed E-state index contributed by atoms with van der Waals surface area (Å²) in [6, 6.07) is 3.48. The van der Waals surface area contributed by atoms with Crippen LogP contribution in [0.3, 0.4) is 0 Å². The molecule has 2 aromatic rings. The first-order chi connectivity index (χ1) is 7.15. The molecule has 1 N–H and O–H groups in total. The van der Waals surface area contributed by atoms with Crippen LogP contribution >= 0.6 is 0 Å². The summed E-state index contributed by atoms with van der Waals surface area (Å²) in [6.45, 7) is 1.78. The summed E-state index contributed by atoms with van der Waals surface area (Å²) in [5, 5.41) is 11.5. The lowest BCUT2D eigenvalue weighted by atomic mass is 10.3. The van der Waals surface area contributed by atoms with Crippen LogP contribution in [0.15, 0.2) is 23.5 Å². The van der Waals surface area contributed by atoms with E-state index in [1.165, 1.54) is 4.40 Å². The first-order valence-electron chi connectivity index (χ1n) is 4.19. The number of carboxylic acids is 1. The SMILES string of the molecule is Cc1cccn2c(N=O)c(C(=O)O)nc12. The fourth-order valence-corrected chi connectivity index (χ4v) is 1.42. The van der Waals surface area contributed by atoms with Gasteiger partial charge in [0.1, 0.15) is 5.65 Å². The van der Waals surface area contributed by atoms with Crippen molar-refractivity contribution in [2.75, 3.05) is 0 Å². The molecule has 76 valence electrons. The van der Waals surface area contributed by atoms with Crippen molar-refractivity contribution in [3.8, 4) is 0 Å². The van der Waals surface area contributed by atoms with E-state index in [9.17, 15) is 9.70 Å². The summed E-state index contributed by atoms with van der Waals surface area (Å²) in [5.41, 5.74) is 0.902. The fourth-order valence-electron chi connectivity index (χ4n) is 1.42. The van der Waals surface area contributed by atoms with Crippen molar-refractivity contribution < 1.29 is 9.90 Å². The van der Waals surface area contributed by atoms with E-state index in [4.69, 9.17) is 5.11 Å². The van der Waals surface area contributed by atoms with Gasteiger partial charge in [-0.15, -0.1) is 4.91 Å². The molecule has 0 radical (unpaired) electrons. The molecule has 0 saturated carbocycles. The van der Waals surface area contributed by atoms with Crippen LogP contribution in [-0.4, -0.2) is 20.5 Å². The van der Waals surface area contributed by atoms with Gasteiger partial charge in [-0.3, -0.25) is 4.40 Å². The molecule has 0 aliphatic carbocycles. The molecule has 0 aromatic carbocycles. The zero-order valence-corrected chi connectivity index (χ0v) is 7.84. The zero-order chi connectivity index (χ0) is 11.0. The molecule has 6 nitrogen and oxygen atoms in total. The van der Waals surface area contributed by atoms with E-state index in [2.05, 4.69) is 10.2 Å². The highest BCUT2D eigenvalue weighted by Crippen LogP contribution is 2.22. The quantitative estimate of drug-likeness (QED) is 0.756. The van der Waals surface area contributed by atoms with Crippen LogP contribution in [0.5, 0.6) is 0 Å². The van der Waals surface area contributed by atoms with Crippen molar-refractivity contribution in [1.29, 1.82) is 0 Å². The largest absolute Gasteiger partial charge is 0.476 e. The van der Waals surface area contributed by atoms with Crippen molar-refractivity contribution in [1.82, 2.24) is 9.38 Å². The maximum absolute atomic E-state index is 10.8. The van der Waals surface area contributed by atoms with Crippen molar-refractivity contribution in [2.24, 2.45) is 5.18 Å². The number of imidazole rings is 1. The minimum Gasteiger partial charge on any atom is -0.476 e. The van der Waals surface area contributed by atoms with Gasteiger partial charge in [0.25, 0.3) is 0 Å². The third-order valence-corrected chi connectivity index (χ3v) is 2.11. The number of hydrogen-bond donors (Lipinski definition) is 1. The molecular formula is C9H7N3O3. The number of nitrogens with zero attached hydrogens (tertiary/aromatic N) is 3. The normalized spacial score (nSPS) is 10.5. The fraction of sp³-hybridized carbons (Fsp3) is 0.111. The van der Waals surface area contributed by atoms with E-state index >= 15 is 0 Å². The van der Waals surface area contributed by atoms with Gasteiger partial charge in [0, 0.05) is 6.20 Å². The Morgan fingerprint density at radius 2 is 2.33 bits per heavy atom. The number of pyridine rings is 1. The number of aromatic carboxylic acids is 1. The summed E-state index contributed by atoms with van der Waals surface area (Å²) in [4.78, 5) is 25.2. The highest BCUT2D eigenvalue weighted by atomic mass is 16.4. The number of rotatable bonds is 2. The van der Waals surface area contributed by atoms with Gasteiger partial charge < -0.3 is 5.11 Å². The van der Waals surface area contributed by atoms with Crippen molar-refractivity contribution in [3.05, 3.63) is 34.5 Å². The third-order valence-electron chi connectivity index (χ3n) is 2.11. The molecule has 0 amide bonds. The standard InChI is InChI=1S/C9H7N3O3/c1-5-3-2-4-12-7(5)10-6(9(13)14)8(12)11-15/h2-4H,1H3,(H,13,14). The molecule has 0 bridgehead atoms. The Bertz CT molecular complexity index is 559. The van der Waals surface area contributed by atoms with Gasteiger partial charge in [-0.2, -0.15) is 0 Å². The van der Waals surface area contributed by atoms with Gasteiger partial charge >= 0.3 is 5.97 Å². The highest BCUT2D eigenvalue weighted by molar-refractivity contribution is 5.92. The number of carbonyl (C=O) groups is 1. The Kier molecular flexibility index (Phi) is 1.96. The molecule has 6 heteroatoms. The first-order valence-corrected chi connectivity index (χ1v) is 4.19. The topological polar surface area (TPSA) is 84.0 Å². The number of carboxylic acid groups (broad SMARTS) is 1. The summed E-state index contributed by atoms with van der Waals surface area (Å²) >= 11 is 0. The second kappa shape index (κ2) is 3.16. The van der Waals surface area contributed by atoms with Crippen LogP contribution in [-0.2, 0) is 0 Å². The molecule has 15 heavy (non-hydrogen) atoms. The Labute approximate surface area is 84.1 Å². The van der Waals surface area contributed by atoms with Gasteiger partial charge in [0.05, 0.1) is 0 Å². The molecule has 0 unspecified atom stereocenters. The van der Waals surface area contributed by atoms with Gasteiger partial charge in [-0.25, -0.2) is 9.78 Å². The number of hydrogen-bond acceptors (Lipinski definition) is 4. The summed E-state index contributed by atoms with van der Waals surface area (Å²) < 4.78 is 1.37. The molecule has 2 aromatic heterocycles. The van der Waals surface area contributed by atoms with Crippen LogP contribution in [0, 0.1) is 11.8 Å². The number of fused-ring (bicyclic) bond motifs is 1. The Balaban J connectivity index is 2.90.